The number of rotatable bonds is 2. The standard InChI is InChI=1S/C17H28N4O3/c22-16-18-14-3-1-2-4-15(14)21(16)12-5-8-19(9-6-12)13-7-10-20(11-13)17(23)24/h12-15H,1-11H2,(H,18,22)(H,23,24)/t13?,14-,15-/m1/s1. The second kappa shape index (κ2) is 6.43. The number of likely N-dealkylation sites (tertiary alicyclic amines) is 2. The van der Waals surface area contributed by atoms with Gasteiger partial charge in [0.1, 0.15) is 0 Å². The van der Waals surface area contributed by atoms with Crippen LogP contribution in [0, 0.1) is 0 Å². The van der Waals surface area contributed by atoms with Gasteiger partial charge in [-0.15, -0.1) is 0 Å². The van der Waals surface area contributed by atoms with Crippen molar-refractivity contribution in [2.24, 2.45) is 0 Å². The maximum atomic E-state index is 12.4. The number of urea groups is 1. The minimum absolute atomic E-state index is 0.142. The fourth-order valence-electron chi connectivity index (χ4n) is 5.18. The number of nitrogens with zero attached hydrogens (tertiary/aromatic N) is 3. The zero-order valence-electron chi connectivity index (χ0n) is 14.2. The smallest absolute Gasteiger partial charge is 0.407 e. The molecule has 1 saturated carbocycles. The number of hydrogen-bond donors (Lipinski definition) is 2. The molecule has 4 rings (SSSR count). The van der Waals surface area contributed by atoms with Gasteiger partial charge in [-0.3, -0.25) is 4.90 Å². The summed E-state index contributed by atoms with van der Waals surface area (Å²) in [5.41, 5.74) is 0. The van der Waals surface area contributed by atoms with E-state index < -0.39 is 6.09 Å². The Bertz CT molecular complexity index is 506. The molecule has 0 aromatic rings. The number of carbonyl (C=O) groups excluding carboxylic acids is 1. The molecule has 4 aliphatic rings. The third-order valence-electron chi connectivity index (χ3n) is 6.47. The lowest BCUT2D eigenvalue weighted by atomic mass is 9.89. The van der Waals surface area contributed by atoms with Crippen LogP contribution in [0.3, 0.4) is 0 Å². The maximum absolute atomic E-state index is 12.4. The maximum Gasteiger partial charge on any atom is 0.407 e. The molecule has 2 N–H and O–H groups in total. The highest BCUT2D eigenvalue weighted by atomic mass is 16.4. The van der Waals surface area contributed by atoms with Gasteiger partial charge in [-0.2, -0.15) is 0 Å². The van der Waals surface area contributed by atoms with E-state index in [1.54, 1.807) is 0 Å². The molecule has 0 aromatic heterocycles. The molecule has 0 aromatic carbocycles. The van der Waals surface area contributed by atoms with Crippen molar-refractivity contribution < 1.29 is 14.7 Å². The first kappa shape index (κ1) is 16.0. The summed E-state index contributed by atoms with van der Waals surface area (Å²) in [5.74, 6) is 0. The number of carbonyl (C=O) groups is 2. The van der Waals surface area contributed by atoms with E-state index in [-0.39, 0.29) is 6.03 Å². The van der Waals surface area contributed by atoms with Crippen molar-refractivity contribution in [2.45, 2.75) is 69.1 Å². The van der Waals surface area contributed by atoms with Gasteiger partial charge in [-0.05, 0) is 32.1 Å². The quantitative estimate of drug-likeness (QED) is 0.802. The van der Waals surface area contributed by atoms with Crippen LogP contribution in [0.4, 0.5) is 9.59 Å². The van der Waals surface area contributed by atoms with Crippen molar-refractivity contribution in [2.75, 3.05) is 26.2 Å². The third-order valence-corrected chi connectivity index (χ3v) is 6.47. The summed E-state index contributed by atoms with van der Waals surface area (Å²) < 4.78 is 0. The van der Waals surface area contributed by atoms with Crippen molar-refractivity contribution >= 4 is 12.1 Å². The fraction of sp³-hybridized carbons (Fsp3) is 0.882. The minimum atomic E-state index is -0.801. The Morgan fingerprint density at radius 2 is 1.71 bits per heavy atom. The molecule has 7 nitrogen and oxygen atoms in total. The van der Waals surface area contributed by atoms with E-state index in [1.165, 1.54) is 17.7 Å². The van der Waals surface area contributed by atoms with E-state index in [0.29, 0.717) is 37.3 Å². The molecule has 1 aliphatic carbocycles. The summed E-state index contributed by atoms with van der Waals surface area (Å²) in [6, 6.07) is 1.62. The Balaban J connectivity index is 1.33. The van der Waals surface area contributed by atoms with E-state index in [9.17, 15) is 9.59 Å². The molecule has 4 fully saturated rings. The molecule has 3 amide bonds. The molecule has 0 spiro atoms. The molecular weight excluding hydrogens is 308 g/mol. The van der Waals surface area contributed by atoms with E-state index in [1.807, 2.05) is 0 Å². The molecule has 1 unspecified atom stereocenters. The zero-order valence-corrected chi connectivity index (χ0v) is 14.2. The average molecular weight is 336 g/mol. The summed E-state index contributed by atoms with van der Waals surface area (Å²) in [6.45, 7) is 3.24. The van der Waals surface area contributed by atoms with Crippen molar-refractivity contribution in [3.63, 3.8) is 0 Å². The van der Waals surface area contributed by atoms with Gasteiger partial charge >= 0.3 is 12.1 Å². The summed E-state index contributed by atoms with van der Waals surface area (Å²) in [5, 5.41) is 12.3. The van der Waals surface area contributed by atoms with Crippen molar-refractivity contribution in [1.82, 2.24) is 20.0 Å². The largest absolute Gasteiger partial charge is 0.465 e. The molecule has 3 atom stereocenters. The topological polar surface area (TPSA) is 76.1 Å². The van der Waals surface area contributed by atoms with Crippen LogP contribution in [-0.2, 0) is 0 Å². The average Bonchev–Trinajstić information content (AvgIpc) is 3.19. The Morgan fingerprint density at radius 1 is 1.00 bits per heavy atom. The normalized spacial score (nSPS) is 35.2. The first-order valence-electron chi connectivity index (χ1n) is 9.44. The van der Waals surface area contributed by atoms with Gasteiger partial charge < -0.3 is 20.2 Å². The zero-order chi connectivity index (χ0) is 16.7. The Morgan fingerprint density at radius 3 is 2.42 bits per heavy atom. The van der Waals surface area contributed by atoms with Gasteiger partial charge in [0.15, 0.2) is 0 Å². The summed E-state index contributed by atoms with van der Waals surface area (Å²) in [4.78, 5) is 29.6. The Kier molecular flexibility index (Phi) is 4.28. The fourth-order valence-corrected chi connectivity index (χ4v) is 5.18. The first-order valence-corrected chi connectivity index (χ1v) is 9.44. The number of piperidine rings is 1. The highest BCUT2D eigenvalue weighted by Gasteiger charge is 2.44. The van der Waals surface area contributed by atoms with E-state index in [4.69, 9.17) is 5.11 Å². The van der Waals surface area contributed by atoms with Crippen LogP contribution < -0.4 is 5.32 Å². The van der Waals surface area contributed by atoms with Gasteiger partial charge in [-0.1, -0.05) is 12.8 Å². The highest BCUT2D eigenvalue weighted by molar-refractivity contribution is 5.78. The number of amides is 3. The van der Waals surface area contributed by atoms with Crippen LogP contribution in [0.2, 0.25) is 0 Å². The van der Waals surface area contributed by atoms with Crippen LogP contribution in [0.5, 0.6) is 0 Å². The SMILES string of the molecule is O=C(O)N1CCC(N2CCC(N3C(=O)N[C@@H]4CCCC[C@H]43)CC2)C1. The minimum Gasteiger partial charge on any atom is -0.465 e. The van der Waals surface area contributed by atoms with Crippen LogP contribution in [-0.4, -0.2) is 82.3 Å². The van der Waals surface area contributed by atoms with Gasteiger partial charge in [0, 0.05) is 38.3 Å². The second-order valence-electron chi connectivity index (χ2n) is 7.75. The lowest BCUT2D eigenvalue weighted by Crippen LogP contribution is -2.52. The van der Waals surface area contributed by atoms with E-state index >= 15 is 0 Å². The molecule has 3 heterocycles. The molecule has 3 aliphatic heterocycles. The van der Waals surface area contributed by atoms with Gasteiger partial charge in [0.05, 0.1) is 12.1 Å². The highest BCUT2D eigenvalue weighted by Crippen LogP contribution is 2.33. The lowest BCUT2D eigenvalue weighted by Gasteiger charge is -2.41. The number of hydrogen-bond acceptors (Lipinski definition) is 3. The van der Waals surface area contributed by atoms with Gasteiger partial charge in [0.25, 0.3) is 0 Å². The summed E-state index contributed by atoms with van der Waals surface area (Å²) in [7, 11) is 0. The molecular formula is C17H28N4O3. The molecule has 0 bridgehead atoms. The van der Waals surface area contributed by atoms with Gasteiger partial charge in [0.2, 0.25) is 0 Å². The molecule has 3 saturated heterocycles. The third kappa shape index (κ3) is 2.83. The molecule has 0 radical (unpaired) electrons. The summed E-state index contributed by atoms with van der Waals surface area (Å²) in [6.07, 6.45) is 6.89. The van der Waals surface area contributed by atoms with Crippen LogP contribution >= 0.6 is 0 Å². The van der Waals surface area contributed by atoms with E-state index in [0.717, 1.165) is 45.2 Å². The number of fused-ring (bicyclic) bond motifs is 1. The molecule has 24 heavy (non-hydrogen) atoms. The Hall–Kier alpha value is -1.50. The van der Waals surface area contributed by atoms with Crippen molar-refractivity contribution in [1.29, 1.82) is 0 Å². The van der Waals surface area contributed by atoms with Crippen LogP contribution in [0.15, 0.2) is 0 Å². The van der Waals surface area contributed by atoms with Crippen LogP contribution in [0.1, 0.15) is 44.9 Å². The van der Waals surface area contributed by atoms with E-state index in [2.05, 4.69) is 15.1 Å². The van der Waals surface area contributed by atoms with Crippen molar-refractivity contribution in [3.8, 4) is 0 Å². The lowest BCUT2D eigenvalue weighted by molar-refractivity contribution is 0.0822. The van der Waals surface area contributed by atoms with Gasteiger partial charge in [-0.25, -0.2) is 9.59 Å². The predicted molar refractivity (Wildman–Crippen MR) is 89.0 cm³/mol. The van der Waals surface area contributed by atoms with Crippen LogP contribution in [0.25, 0.3) is 0 Å². The number of nitrogens with one attached hydrogen (secondary N) is 1. The Labute approximate surface area is 143 Å². The number of carboxylic acid groups (broad SMARTS) is 1. The summed E-state index contributed by atoms with van der Waals surface area (Å²) >= 11 is 0. The second-order valence-corrected chi connectivity index (χ2v) is 7.75. The van der Waals surface area contributed by atoms with Crippen molar-refractivity contribution in [3.05, 3.63) is 0 Å². The monoisotopic (exact) mass is 336 g/mol. The first-order chi connectivity index (χ1) is 11.6. The predicted octanol–water partition coefficient (Wildman–Crippen LogP) is 1.54. The molecule has 7 heteroatoms. The molecule has 134 valence electrons.